The van der Waals surface area contributed by atoms with Crippen molar-refractivity contribution in [3.8, 4) is 5.75 Å². The highest BCUT2D eigenvalue weighted by Crippen LogP contribution is 2.34. The number of allylic oxidation sites excluding steroid dienone is 1. The molecule has 20 heavy (non-hydrogen) atoms. The zero-order chi connectivity index (χ0) is 14.3. The van der Waals surface area contributed by atoms with Gasteiger partial charge in [0.2, 0.25) is 0 Å². The topological polar surface area (TPSA) is 87.0 Å². The van der Waals surface area contributed by atoms with Crippen LogP contribution in [0.5, 0.6) is 5.75 Å². The summed E-state index contributed by atoms with van der Waals surface area (Å²) in [6.45, 7) is 0. The van der Waals surface area contributed by atoms with Gasteiger partial charge in [-0.2, -0.15) is 0 Å². The van der Waals surface area contributed by atoms with Gasteiger partial charge in [-0.1, -0.05) is 0 Å². The van der Waals surface area contributed by atoms with Gasteiger partial charge in [0.1, 0.15) is 17.6 Å². The Kier molecular flexibility index (Phi) is 2.99. The minimum atomic E-state index is -0.935. The maximum atomic E-state index is 12.1. The van der Waals surface area contributed by atoms with Crippen molar-refractivity contribution < 1.29 is 24.9 Å². The number of rotatable bonds is 1. The number of aliphatic hydroxyl groups is 2. The van der Waals surface area contributed by atoms with Crippen LogP contribution in [0.15, 0.2) is 42.2 Å². The molecule has 1 heterocycles. The number of phenols is 1. The van der Waals surface area contributed by atoms with Crippen LogP contribution >= 0.6 is 0 Å². The van der Waals surface area contributed by atoms with E-state index in [0.717, 1.165) is 0 Å². The molecule has 0 spiro atoms. The second kappa shape index (κ2) is 4.68. The van der Waals surface area contributed by atoms with Gasteiger partial charge in [0.05, 0.1) is 17.8 Å². The minimum Gasteiger partial charge on any atom is -0.512 e. The van der Waals surface area contributed by atoms with Crippen molar-refractivity contribution in [3.05, 3.63) is 47.7 Å². The molecule has 5 nitrogen and oxygen atoms in total. The average Bonchev–Trinajstić information content (AvgIpc) is 2.38. The summed E-state index contributed by atoms with van der Waals surface area (Å²) in [5.74, 6) is -0.375. The van der Waals surface area contributed by atoms with Gasteiger partial charge in [-0.25, -0.2) is 0 Å². The van der Waals surface area contributed by atoms with Crippen LogP contribution in [-0.4, -0.2) is 33.3 Å². The standard InChI is InChI=1S/C15H14O5/c16-9-3-1-8(2-4-9)13-7-12(19)15-11(18)5-10(17)6-14(15)20-13/h1-4,6-7,11,14-18H,5H2. The Morgan fingerprint density at radius 3 is 2.55 bits per heavy atom. The normalized spacial score (nSPS) is 29.1. The summed E-state index contributed by atoms with van der Waals surface area (Å²) < 4.78 is 5.69. The number of ether oxygens (including phenoxy) is 1. The summed E-state index contributed by atoms with van der Waals surface area (Å²) in [6.07, 6.45) is 1.28. The first-order valence-corrected chi connectivity index (χ1v) is 6.34. The van der Waals surface area contributed by atoms with Crippen LogP contribution in [0.4, 0.5) is 0 Å². The molecule has 1 aliphatic carbocycles. The van der Waals surface area contributed by atoms with Crippen molar-refractivity contribution in [1.29, 1.82) is 0 Å². The third-order valence-electron chi connectivity index (χ3n) is 3.56. The molecule has 3 N–H and O–H groups in total. The highest BCUT2D eigenvalue weighted by molar-refractivity contribution is 5.99. The van der Waals surface area contributed by atoms with Gasteiger partial charge in [-0.15, -0.1) is 0 Å². The second-order valence-corrected chi connectivity index (χ2v) is 5.00. The molecule has 0 bridgehead atoms. The van der Waals surface area contributed by atoms with Gasteiger partial charge >= 0.3 is 0 Å². The predicted molar refractivity (Wildman–Crippen MR) is 70.8 cm³/mol. The molecule has 104 valence electrons. The smallest absolute Gasteiger partial charge is 0.169 e. The fourth-order valence-electron chi connectivity index (χ4n) is 2.56. The summed E-state index contributed by atoms with van der Waals surface area (Å²) in [7, 11) is 0. The summed E-state index contributed by atoms with van der Waals surface area (Å²) in [5, 5.41) is 28.7. The van der Waals surface area contributed by atoms with Crippen LogP contribution in [0.25, 0.3) is 5.76 Å². The zero-order valence-electron chi connectivity index (χ0n) is 10.6. The number of hydrogen-bond acceptors (Lipinski definition) is 5. The predicted octanol–water partition coefficient (Wildman–Crippen LogP) is 1.52. The quantitative estimate of drug-likeness (QED) is 0.723. The minimum absolute atomic E-state index is 0.0264. The van der Waals surface area contributed by atoms with E-state index >= 15 is 0 Å². The van der Waals surface area contributed by atoms with Crippen molar-refractivity contribution in [2.24, 2.45) is 5.92 Å². The van der Waals surface area contributed by atoms with Gasteiger partial charge in [-0.05, 0) is 30.3 Å². The Labute approximate surface area is 115 Å². The molecule has 0 amide bonds. The highest BCUT2D eigenvalue weighted by atomic mass is 16.5. The average molecular weight is 274 g/mol. The van der Waals surface area contributed by atoms with E-state index in [1.54, 1.807) is 12.1 Å². The molecule has 0 radical (unpaired) electrons. The number of aromatic hydroxyl groups is 1. The van der Waals surface area contributed by atoms with Crippen molar-refractivity contribution in [1.82, 2.24) is 0 Å². The Hall–Kier alpha value is -2.27. The van der Waals surface area contributed by atoms with E-state index in [9.17, 15) is 20.1 Å². The molecule has 0 saturated heterocycles. The summed E-state index contributed by atoms with van der Waals surface area (Å²) in [4.78, 5) is 12.1. The molecule has 1 aromatic carbocycles. The Morgan fingerprint density at radius 1 is 1.15 bits per heavy atom. The fourth-order valence-corrected chi connectivity index (χ4v) is 2.56. The van der Waals surface area contributed by atoms with Crippen LogP contribution in [-0.2, 0) is 9.53 Å². The third-order valence-corrected chi connectivity index (χ3v) is 3.56. The molecule has 1 aromatic rings. The monoisotopic (exact) mass is 274 g/mol. The van der Waals surface area contributed by atoms with E-state index in [1.807, 2.05) is 0 Å². The van der Waals surface area contributed by atoms with Crippen LogP contribution in [0, 0.1) is 5.92 Å². The Morgan fingerprint density at radius 2 is 1.85 bits per heavy atom. The number of carbonyl (C=O) groups excluding carboxylic acids is 1. The van der Waals surface area contributed by atoms with E-state index in [4.69, 9.17) is 4.74 Å². The fraction of sp³-hybridized carbons (Fsp3) is 0.267. The molecule has 3 atom stereocenters. The lowest BCUT2D eigenvalue weighted by Gasteiger charge is -2.35. The molecule has 3 unspecified atom stereocenters. The molecule has 5 heteroatoms. The molecule has 2 aliphatic rings. The zero-order valence-corrected chi connectivity index (χ0v) is 10.6. The number of aliphatic hydroxyl groups excluding tert-OH is 2. The van der Waals surface area contributed by atoms with E-state index in [-0.39, 0.29) is 23.7 Å². The SMILES string of the molecule is O=C1C=C(c2ccc(O)cc2)OC2C=C(O)CC(O)C12. The summed E-state index contributed by atoms with van der Waals surface area (Å²) in [6, 6.07) is 6.27. The Bertz CT molecular complexity index is 599. The Balaban J connectivity index is 1.95. The second-order valence-electron chi connectivity index (χ2n) is 5.00. The summed E-state index contributed by atoms with van der Waals surface area (Å²) >= 11 is 0. The van der Waals surface area contributed by atoms with Crippen LogP contribution < -0.4 is 0 Å². The molecule has 0 fully saturated rings. The van der Waals surface area contributed by atoms with Crippen LogP contribution in [0.2, 0.25) is 0 Å². The molecule has 0 saturated carbocycles. The number of hydrogen-bond donors (Lipinski definition) is 3. The number of carbonyl (C=O) groups is 1. The molecular weight excluding hydrogens is 260 g/mol. The lowest BCUT2D eigenvalue weighted by molar-refractivity contribution is -0.127. The van der Waals surface area contributed by atoms with Crippen molar-refractivity contribution in [2.75, 3.05) is 0 Å². The lowest BCUT2D eigenvalue weighted by atomic mass is 9.82. The molecule has 0 aromatic heterocycles. The van der Waals surface area contributed by atoms with Crippen molar-refractivity contribution in [3.63, 3.8) is 0 Å². The maximum absolute atomic E-state index is 12.1. The third kappa shape index (κ3) is 2.16. The largest absolute Gasteiger partial charge is 0.512 e. The first kappa shape index (κ1) is 12.7. The van der Waals surface area contributed by atoms with Gasteiger partial charge in [0.15, 0.2) is 5.78 Å². The number of fused-ring (bicyclic) bond motifs is 1. The van der Waals surface area contributed by atoms with E-state index < -0.39 is 18.1 Å². The number of phenolic OH excluding ortho intramolecular Hbond substituents is 1. The van der Waals surface area contributed by atoms with Gasteiger partial charge < -0.3 is 20.1 Å². The van der Waals surface area contributed by atoms with E-state index in [2.05, 4.69) is 0 Å². The molecule has 1 aliphatic heterocycles. The van der Waals surface area contributed by atoms with E-state index in [1.165, 1.54) is 24.3 Å². The first-order valence-electron chi connectivity index (χ1n) is 6.34. The van der Waals surface area contributed by atoms with E-state index in [0.29, 0.717) is 11.3 Å². The van der Waals surface area contributed by atoms with Crippen molar-refractivity contribution in [2.45, 2.75) is 18.6 Å². The summed E-state index contributed by atoms with van der Waals surface area (Å²) in [5.41, 5.74) is 0.655. The van der Waals surface area contributed by atoms with Gasteiger partial charge in [-0.3, -0.25) is 4.79 Å². The van der Waals surface area contributed by atoms with Gasteiger partial charge in [0.25, 0.3) is 0 Å². The van der Waals surface area contributed by atoms with Gasteiger partial charge in [0, 0.05) is 18.1 Å². The first-order chi connectivity index (χ1) is 9.54. The number of benzene rings is 1. The highest BCUT2D eigenvalue weighted by Gasteiger charge is 2.41. The lowest BCUT2D eigenvalue weighted by Crippen LogP contribution is -2.43. The van der Waals surface area contributed by atoms with Crippen LogP contribution in [0.3, 0.4) is 0 Å². The maximum Gasteiger partial charge on any atom is 0.169 e. The number of ketones is 1. The molecular formula is C15H14O5. The molecule has 3 rings (SSSR count). The van der Waals surface area contributed by atoms with Crippen LogP contribution in [0.1, 0.15) is 12.0 Å². The van der Waals surface area contributed by atoms with Crippen molar-refractivity contribution >= 4 is 11.5 Å².